The van der Waals surface area contributed by atoms with Gasteiger partial charge in [0, 0.05) is 23.0 Å². The van der Waals surface area contributed by atoms with Gasteiger partial charge < -0.3 is 20.7 Å². The average molecular weight is 606 g/mol. The SMILES string of the molecule is CCCCc1cc(NC(=O)Nc2ccc(OCc3ccnc(NC(=O)C(C)NC)c3)c3ccccc23)n(-c2ccc(C)cc2)n1. The Labute approximate surface area is 263 Å². The summed E-state index contributed by atoms with van der Waals surface area (Å²) in [6.45, 7) is 6.23. The number of pyridine rings is 1. The summed E-state index contributed by atoms with van der Waals surface area (Å²) < 4.78 is 7.98. The van der Waals surface area contributed by atoms with Crippen LogP contribution < -0.4 is 26.0 Å². The molecule has 232 valence electrons. The fourth-order valence-electron chi connectivity index (χ4n) is 4.82. The Morgan fingerprint density at radius 2 is 1.71 bits per heavy atom. The molecule has 5 aromatic rings. The molecule has 0 bridgehead atoms. The van der Waals surface area contributed by atoms with Crippen LogP contribution in [0.2, 0.25) is 0 Å². The van der Waals surface area contributed by atoms with Crippen molar-refractivity contribution in [3.8, 4) is 11.4 Å². The summed E-state index contributed by atoms with van der Waals surface area (Å²) in [4.78, 5) is 29.8. The first-order valence-corrected chi connectivity index (χ1v) is 15.2. The summed E-state index contributed by atoms with van der Waals surface area (Å²) in [5.74, 6) is 1.55. The quantitative estimate of drug-likeness (QED) is 0.124. The second kappa shape index (κ2) is 14.5. The van der Waals surface area contributed by atoms with Gasteiger partial charge in [0.1, 0.15) is 24.0 Å². The number of carbonyl (C=O) groups is 2. The van der Waals surface area contributed by atoms with Crippen molar-refractivity contribution in [1.29, 1.82) is 0 Å². The van der Waals surface area contributed by atoms with Crippen LogP contribution in [0.5, 0.6) is 5.75 Å². The lowest BCUT2D eigenvalue weighted by Gasteiger charge is -2.15. The molecule has 0 aliphatic heterocycles. The molecule has 0 spiro atoms. The number of aromatic nitrogens is 3. The zero-order valence-electron chi connectivity index (χ0n) is 26.1. The van der Waals surface area contributed by atoms with Gasteiger partial charge in [0.05, 0.1) is 23.1 Å². The van der Waals surface area contributed by atoms with E-state index in [1.165, 1.54) is 0 Å². The molecule has 1 atom stereocenters. The number of urea groups is 1. The summed E-state index contributed by atoms with van der Waals surface area (Å²) in [6, 6.07) is 24.3. The van der Waals surface area contributed by atoms with Gasteiger partial charge in [-0.1, -0.05) is 55.3 Å². The van der Waals surface area contributed by atoms with E-state index >= 15 is 0 Å². The number of ether oxygens (including phenoxy) is 1. The summed E-state index contributed by atoms with van der Waals surface area (Å²) in [6.07, 6.45) is 4.56. The van der Waals surface area contributed by atoms with Crippen LogP contribution in [0.4, 0.5) is 22.1 Å². The largest absolute Gasteiger partial charge is 0.488 e. The highest BCUT2D eigenvalue weighted by atomic mass is 16.5. The van der Waals surface area contributed by atoms with Crippen LogP contribution in [0.3, 0.4) is 0 Å². The van der Waals surface area contributed by atoms with E-state index < -0.39 is 0 Å². The van der Waals surface area contributed by atoms with E-state index in [-0.39, 0.29) is 24.6 Å². The minimum absolute atomic E-state index is 0.169. The third-order valence-corrected chi connectivity index (χ3v) is 7.50. The Morgan fingerprint density at radius 3 is 2.47 bits per heavy atom. The molecule has 3 amide bonds. The Hall–Kier alpha value is -5.22. The van der Waals surface area contributed by atoms with Crippen molar-refractivity contribution in [2.24, 2.45) is 0 Å². The van der Waals surface area contributed by atoms with Crippen LogP contribution in [0.25, 0.3) is 16.5 Å². The number of rotatable bonds is 12. The fourth-order valence-corrected chi connectivity index (χ4v) is 4.82. The van der Waals surface area contributed by atoms with E-state index in [4.69, 9.17) is 9.84 Å². The Balaban J connectivity index is 1.31. The lowest BCUT2D eigenvalue weighted by molar-refractivity contribution is -0.117. The number of likely N-dealkylation sites (N-methyl/N-ethyl adjacent to an activating group) is 1. The molecule has 10 nitrogen and oxygen atoms in total. The molecular weight excluding hydrogens is 566 g/mol. The lowest BCUT2D eigenvalue weighted by atomic mass is 10.1. The Bertz CT molecular complexity index is 1780. The first kappa shape index (κ1) is 31.2. The van der Waals surface area contributed by atoms with Gasteiger partial charge in [0.25, 0.3) is 0 Å². The van der Waals surface area contributed by atoms with Gasteiger partial charge in [-0.2, -0.15) is 5.10 Å². The Kier molecular flexibility index (Phi) is 10.1. The van der Waals surface area contributed by atoms with Crippen molar-refractivity contribution in [2.75, 3.05) is 23.0 Å². The highest BCUT2D eigenvalue weighted by Gasteiger charge is 2.15. The topological polar surface area (TPSA) is 122 Å². The summed E-state index contributed by atoms with van der Waals surface area (Å²) in [5.41, 5.74) is 4.46. The van der Waals surface area contributed by atoms with E-state index in [1.807, 2.05) is 79.7 Å². The van der Waals surface area contributed by atoms with Crippen LogP contribution in [0.1, 0.15) is 43.5 Å². The van der Waals surface area contributed by atoms with Crippen molar-refractivity contribution in [1.82, 2.24) is 20.1 Å². The molecule has 2 aromatic heterocycles. The predicted molar refractivity (Wildman–Crippen MR) is 179 cm³/mol. The van der Waals surface area contributed by atoms with Crippen molar-refractivity contribution in [3.63, 3.8) is 0 Å². The van der Waals surface area contributed by atoms with Crippen LogP contribution in [-0.4, -0.2) is 39.8 Å². The second-order valence-corrected chi connectivity index (χ2v) is 10.9. The summed E-state index contributed by atoms with van der Waals surface area (Å²) in [7, 11) is 1.73. The van der Waals surface area contributed by atoms with E-state index in [9.17, 15) is 9.59 Å². The number of fused-ring (bicyclic) bond motifs is 1. The van der Waals surface area contributed by atoms with E-state index in [1.54, 1.807) is 30.9 Å². The molecule has 45 heavy (non-hydrogen) atoms. The first-order chi connectivity index (χ1) is 21.8. The van der Waals surface area contributed by atoms with E-state index in [2.05, 4.69) is 33.2 Å². The number of carbonyl (C=O) groups excluding carboxylic acids is 2. The van der Waals surface area contributed by atoms with E-state index in [0.717, 1.165) is 52.5 Å². The van der Waals surface area contributed by atoms with Gasteiger partial charge in [-0.25, -0.2) is 14.5 Å². The van der Waals surface area contributed by atoms with Gasteiger partial charge in [0.15, 0.2) is 0 Å². The molecule has 10 heteroatoms. The van der Waals surface area contributed by atoms with Gasteiger partial charge in [-0.3, -0.25) is 10.1 Å². The van der Waals surface area contributed by atoms with E-state index in [0.29, 0.717) is 23.1 Å². The molecule has 1 unspecified atom stereocenters. The van der Waals surface area contributed by atoms with Crippen LogP contribution >= 0.6 is 0 Å². The number of nitrogens with one attached hydrogen (secondary N) is 4. The van der Waals surface area contributed by atoms with Gasteiger partial charge in [-0.15, -0.1) is 0 Å². The third-order valence-electron chi connectivity index (χ3n) is 7.50. The standard InChI is InChI=1S/C35H39N7O3/c1-5-6-9-26-21-33(42(41-26)27-14-12-23(2)13-15-27)40-35(44)38-30-16-17-31(29-11-8-7-10-28(29)30)45-22-25-18-19-37-32(20-25)39-34(43)24(3)36-4/h7-8,10-21,24,36H,5-6,9,22H2,1-4H3,(H,37,39,43)(H2,38,40,44). The van der Waals surface area contributed by atoms with Gasteiger partial charge in [-0.05, 0) is 75.7 Å². The van der Waals surface area contributed by atoms with Gasteiger partial charge in [0.2, 0.25) is 5.91 Å². The number of hydrogen-bond acceptors (Lipinski definition) is 6. The van der Waals surface area contributed by atoms with Crippen LogP contribution in [0, 0.1) is 6.92 Å². The monoisotopic (exact) mass is 605 g/mol. The molecule has 2 heterocycles. The predicted octanol–water partition coefficient (Wildman–Crippen LogP) is 6.84. The number of hydrogen-bond donors (Lipinski definition) is 4. The number of nitrogens with zero attached hydrogens (tertiary/aromatic N) is 3. The second-order valence-electron chi connectivity index (χ2n) is 10.9. The molecular formula is C35H39N7O3. The molecule has 0 saturated heterocycles. The summed E-state index contributed by atoms with van der Waals surface area (Å²) in [5, 5.41) is 18.2. The zero-order chi connectivity index (χ0) is 31.8. The van der Waals surface area contributed by atoms with Crippen molar-refractivity contribution in [2.45, 2.75) is 52.7 Å². The van der Waals surface area contributed by atoms with Gasteiger partial charge >= 0.3 is 6.03 Å². The highest BCUT2D eigenvalue weighted by molar-refractivity contribution is 6.07. The molecule has 0 aliphatic carbocycles. The minimum Gasteiger partial charge on any atom is -0.488 e. The molecule has 0 fully saturated rings. The van der Waals surface area contributed by atoms with Crippen LogP contribution in [-0.2, 0) is 17.8 Å². The minimum atomic E-state index is -0.372. The first-order valence-electron chi connectivity index (χ1n) is 15.2. The number of benzene rings is 3. The molecule has 5 rings (SSSR count). The number of amides is 3. The average Bonchev–Trinajstić information content (AvgIpc) is 3.45. The maximum atomic E-state index is 13.3. The van der Waals surface area contributed by atoms with Crippen molar-refractivity contribution < 1.29 is 14.3 Å². The molecule has 0 aliphatic rings. The Morgan fingerprint density at radius 1 is 0.933 bits per heavy atom. The van der Waals surface area contributed by atoms with Crippen LogP contribution in [0.15, 0.2) is 85.1 Å². The smallest absolute Gasteiger partial charge is 0.324 e. The number of anilines is 3. The lowest BCUT2D eigenvalue weighted by Crippen LogP contribution is -2.35. The number of aryl methyl sites for hydroxylation is 2. The molecule has 0 saturated carbocycles. The maximum Gasteiger partial charge on any atom is 0.324 e. The van der Waals surface area contributed by atoms with Crippen molar-refractivity contribution >= 4 is 40.0 Å². The summed E-state index contributed by atoms with van der Waals surface area (Å²) >= 11 is 0. The highest BCUT2D eigenvalue weighted by Crippen LogP contribution is 2.32. The third kappa shape index (κ3) is 7.84. The molecule has 4 N–H and O–H groups in total. The normalized spacial score (nSPS) is 11.6. The molecule has 3 aromatic carbocycles. The maximum absolute atomic E-state index is 13.3. The van der Waals surface area contributed by atoms with Crippen molar-refractivity contribution in [3.05, 3.63) is 102 Å². The zero-order valence-corrected chi connectivity index (χ0v) is 26.1. The number of unbranched alkanes of at least 4 members (excludes halogenated alkanes) is 1. The molecule has 0 radical (unpaired) electrons. The fraction of sp³-hybridized carbons (Fsp3) is 0.257.